The minimum absolute atomic E-state index is 0.210. The predicted octanol–water partition coefficient (Wildman–Crippen LogP) is 2.81. The maximum Gasteiger partial charge on any atom is 0.338 e. The lowest BCUT2D eigenvalue weighted by molar-refractivity contribution is -0.139. The van der Waals surface area contributed by atoms with E-state index in [0.29, 0.717) is 31.9 Å². The van der Waals surface area contributed by atoms with Gasteiger partial charge in [0.05, 0.1) is 29.5 Å². The van der Waals surface area contributed by atoms with Crippen LogP contribution >= 0.6 is 11.3 Å². The van der Waals surface area contributed by atoms with Crippen LogP contribution in [0, 0.1) is 0 Å². The van der Waals surface area contributed by atoms with Gasteiger partial charge >= 0.3 is 5.97 Å². The highest BCUT2D eigenvalue weighted by Gasteiger charge is 2.34. The van der Waals surface area contributed by atoms with Gasteiger partial charge in [0, 0.05) is 5.56 Å². The molecule has 1 aromatic heterocycles. The van der Waals surface area contributed by atoms with Crippen molar-refractivity contribution in [1.29, 1.82) is 0 Å². The number of fused-ring (bicyclic) bond motifs is 1. The van der Waals surface area contributed by atoms with Crippen LogP contribution in [0.3, 0.4) is 0 Å². The highest BCUT2D eigenvalue weighted by atomic mass is 32.1. The summed E-state index contributed by atoms with van der Waals surface area (Å²) in [5.41, 5.74) is 2.28. The number of hydrogen-bond acceptors (Lipinski definition) is 6. The topological polar surface area (TPSA) is 69.9 Å². The van der Waals surface area contributed by atoms with Crippen LogP contribution in [0.25, 0.3) is 6.08 Å². The molecular weight excluding hydrogens is 412 g/mol. The summed E-state index contributed by atoms with van der Waals surface area (Å²) in [7, 11) is 1.57. The molecular formula is C24H22N2O4S. The van der Waals surface area contributed by atoms with Crippen LogP contribution in [0.1, 0.15) is 31.0 Å². The van der Waals surface area contributed by atoms with E-state index in [-0.39, 0.29) is 12.2 Å². The Morgan fingerprint density at radius 2 is 1.87 bits per heavy atom. The van der Waals surface area contributed by atoms with Gasteiger partial charge in [-0.2, -0.15) is 0 Å². The van der Waals surface area contributed by atoms with Crippen LogP contribution in [-0.2, 0) is 9.53 Å². The van der Waals surface area contributed by atoms with Crippen LogP contribution < -0.4 is 19.6 Å². The van der Waals surface area contributed by atoms with Gasteiger partial charge in [0.25, 0.3) is 5.56 Å². The average Bonchev–Trinajstić information content (AvgIpc) is 3.08. The van der Waals surface area contributed by atoms with Gasteiger partial charge in [-0.05, 0) is 31.6 Å². The number of ether oxygens (including phenoxy) is 2. The molecule has 0 saturated carbocycles. The molecule has 0 bridgehead atoms. The Hall–Kier alpha value is -3.45. The maximum atomic E-state index is 13.5. The summed E-state index contributed by atoms with van der Waals surface area (Å²) >= 11 is 1.30. The van der Waals surface area contributed by atoms with Crippen molar-refractivity contribution in [2.45, 2.75) is 19.9 Å². The molecule has 2 aromatic carbocycles. The van der Waals surface area contributed by atoms with Gasteiger partial charge in [-0.3, -0.25) is 9.36 Å². The number of methoxy groups -OCH3 is 1. The summed E-state index contributed by atoms with van der Waals surface area (Å²) in [5, 5.41) is 0. The van der Waals surface area contributed by atoms with Crippen molar-refractivity contribution in [2.24, 2.45) is 4.99 Å². The fourth-order valence-corrected chi connectivity index (χ4v) is 4.73. The number of para-hydroxylation sites is 1. The lowest BCUT2D eigenvalue weighted by Gasteiger charge is -2.25. The van der Waals surface area contributed by atoms with Crippen molar-refractivity contribution < 1.29 is 14.3 Å². The third kappa shape index (κ3) is 3.84. The molecule has 0 N–H and O–H groups in total. The lowest BCUT2D eigenvalue weighted by atomic mass is 9.95. The minimum atomic E-state index is -0.690. The smallest absolute Gasteiger partial charge is 0.338 e. The van der Waals surface area contributed by atoms with E-state index in [9.17, 15) is 9.59 Å². The summed E-state index contributed by atoms with van der Waals surface area (Å²) in [6.07, 6.45) is 1.84. The molecule has 1 aliphatic rings. The van der Waals surface area contributed by atoms with Gasteiger partial charge in [0.1, 0.15) is 11.8 Å². The van der Waals surface area contributed by atoms with Gasteiger partial charge in [0.15, 0.2) is 4.80 Å². The van der Waals surface area contributed by atoms with E-state index in [1.54, 1.807) is 25.5 Å². The van der Waals surface area contributed by atoms with Crippen LogP contribution in [0.4, 0.5) is 0 Å². The molecule has 158 valence electrons. The van der Waals surface area contributed by atoms with Crippen LogP contribution in [0.15, 0.2) is 75.7 Å². The molecule has 0 aliphatic carbocycles. The van der Waals surface area contributed by atoms with Crippen LogP contribution in [0.5, 0.6) is 5.75 Å². The third-order valence-corrected chi connectivity index (χ3v) is 6.03. The molecule has 0 radical (unpaired) electrons. The van der Waals surface area contributed by atoms with E-state index in [0.717, 1.165) is 5.56 Å². The zero-order valence-electron chi connectivity index (χ0n) is 17.5. The molecule has 1 aliphatic heterocycles. The SMILES string of the molecule is CCOC(=O)C1=C(C)N=c2s/c(=C/c3ccccc3)c(=O)n2[C@H]1c1ccccc1OC. The molecule has 0 fully saturated rings. The van der Waals surface area contributed by atoms with Gasteiger partial charge in [-0.15, -0.1) is 0 Å². The zero-order valence-corrected chi connectivity index (χ0v) is 18.3. The molecule has 1 atom stereocenters. The van der Waals surface area contributed by atoms with Crippen LogP contribution in [0.2, 0.25) is 0 Å². The van der Waals surface area contributed by atoms with Gasteiger partial charge < -0.3 is 9.47 Å². The first-order valence-corrected chi connectivity index (χ1v) is 10.7. The van der Waals surface area contributed by atoms with Crippen molar-refractivity contribution in [3.63, 3.8) is 0 Å². The number of rotatable bonds is 5. The number of nitrogens with zero attached hydrogens (tertiary/aromatic N) is 2. The zero-order chi connectivity index (χ0) is 22.0. The summed E-state index contributed by atoms with van der Waals surface area (Å²) < 4.78 is 13.0. The summed E-state index contributed by atoms with van der Waals surface area (Å²) in [4.78, 5) is 31.5. The summed E-state index contributed by atoms with van der Waals surface area (Å²) in [6, 6.07) is 16.3. The highest BCUT2D eigenvalue weighted by molar-refractivity contribution is 7.07. The minimum Gasteiger partial charge on any atom is -0.496 e. The Kier molecular flexibility index (Phi) is 5.86. The van der Waals surface area contributed by atoms with Crippen molar-refractivity contribution >= 4 is 23.4 Å². The molecule has 6 nitrogen and oxygen atoms in total. The number of allylic oxidation sites excluding steroid dienone is 1. The Balaban J connectivity index is 2.00. The van der Waals surface area contributed by atoms with Gasteiger partial charge in [-0.25, -0.2) is 9.79 Å². The predicted molar refractivity (Wildman–Crippen MR) is 120 cm³/mol. The second-order valence-corrected chi connectivity index (χ2v) is 7.96. The third-order valence-electron chi connectivity index (χ3n) is 5.05. The fourth-order valence-electron chi connectivity index (χ4n) is 3.68. The molecule has 4 rings (SSSR count). The molecule has 0 saturated heterocycles. The largest absolute Gasteiger partial charge is 0.496 e. The van der Waals surface area contributed by atoms with E-state index >= 15 is 0 Å². The number of aromatic nitrogens is 1. The van der Waals surface area contributed by atoms with E-state index in [2.05, 4.69) is 4.99 Å². The Bertz CT molecular complexity index is 1340. The second-order valence-electron chi connectivity index (χ2n) is 6.95. The Labute approximate surface area is 183 Å². The molecule has 0 spiro atoms. The second kappa shape index (κ2) is 8.73. The number of thiazole rings is 1. The lowest BCUT2D eigenvalue weighted by Crippen LogP contribution is -2.40. The van der Waals surface area contributed by atoms with Crippen LogP contribution in [-0.4, -0.2) is 24.3 Å². The molecule has 3 aromatic rings. The molecule has 2 heterocycles. The van der Waals surface area contributed by atoms with E-state index in [1.807, 2.05) is 60.7 Å². The van der Waals surface area contributed by atoms with Crippen molar-refractivity contribution in [3.05, 3.63) is 96.7 Å². The fraction of sp³-hybridized carbons (Fsp3) is 0.208. The first-order valence-electron chi connectivity index (χ1n) is 9.92. The van der Waals surface area contributed by atoms with Crippen molar-refractivity contribution in [3.8, 4) is 5.75 Å². The Morgan fingerprint density at radius 3 is 2.58 bits per heavy atom. The van der Waals surface area contributed by atoms with E-state index in [4.69, 9.17) is 9.47 Å². The van der Waals surface area contributed by atoms with E-state index in [1.165, 1.54) is 11.3 Å². The number of carbonyl (C=O) groups excluding carboxylic acids is 1. The standard InChI is InChI=1S/C24H22N2O4S/c1-4-30-23(28)20-15(2)25-24-26(21(20)17-12-8-9-13-18(17)29-3)22(27)19(31-24)14-16-10-6-5-7-11-16/h5-14,21H,4H2,1-3H3/b19-14+/t21-/m0/s1. The number of hydrogen-bond donors (Lipinski definition) is 0. The normalized spacial score (nSPS) is 16.0. The summed E-state index contributed by atoms with van der Waals surface area (Å²) in [6.45, 7) is 3.75. The van der Waals surface area contributed by atoms with E-state index < -0.39 is 12.0 Å². The van der Waals surface area contributed by atoms with Gasteiger partial charge in [-0.1, -0.05) is 59.9 Å². The number of benzene rings is 2. The average molecular weight is 435 g/mol. The highest BCUT2D eigenvalue weighted by Crippen LogP contribution is 2.35. The first kappa shape index (κ1) is 20.8. The Morgan fingerprint density at radius 1 is 1.16 bits per heavy atom. The van der Waals surface area contributed by atoms with Crippen molar-refractivity contribution in [2.75, 3.05) is 13.7 Å². The molecule has 0 unspecified atom stereocenters. The monoisotopic (exact) mass is 434 g/mol. The molecule has 31 heavy (non-hydrogen) atoms. The first-order chi connectivity index (χ1) is 15.0. The summed E-state index contributed by atoms with van der Waals surface area (Å²) in [5.74, 6) is 0.0960. The number of esters is 1. The van der Waals surface area contributed by atoms with Gasteiger partial charge in [0.2, 0.25) is 0 Å². The van der Waals surface area contributed by atoms with Crippen molar-refractivity contribution in [1.82, 2.24) is 4.57 Å². The maximum absolute atomic E-state index is 13.5. The molecule has 7 heteroatoms. The number of carbonyl (C=O) groups is 1. The quantitative estimate of drug-likeness (QED) is 0.579. The molecule has 0 amide bonds.